The van der Waals surface area contributed by atoms with Gasteiger partial charge in [-0.25, -0.2) is 0 Å². The maximum atomic E-state index is 11.4. The van der Waals surface area contributed by atoms with Crippen molar-refractivity contribution in [1.29, 1.82) is 0 Å². The average molecular weight is 215 g/mol. The lowest BCUT2D eigenvalue weighted by atomic mass is 10.2. The van der Waals surface area contributed by atoms with Crippen LogP contribution in [0.25, 0.3) is 0 Å². The number of carbonyl (C=O) groups excluding carboxylic acids is 1. The van der Waals surface area contributed by atoms with E-state index in [9.17, 15) is 4.79 Å². The molecule has 1 aromatic rings. The Labute approximate surface area is 86.5 Å². The molecule has 0 aromatic carbocycles. The summed E-state index contributed by atoms with van der Waals surface area (Å²) < 4.78 is 5.08. The molecule has 1 aromatic heterocycles. The van der Waals surface area contributed by atoms with E-state index in [2.05, 4.69) is 5.32 Å². The second-order valence-electron chi connectivity index (χ2n) is 2.70. The number of thiophene rings is 1. The molecule has 0 radical (unpaired) electrons. The van der Waals surface area contributed by atoms with Crippen molar-refractivity contribution < 1.29 is 14.6 Å². The van der Waals surface area contributed by atoms with Gasteiger partial charge >= 0.3 is 0 Å². The molecule has 0 fully saturated rings. The van der Waals surface area contributed by atoms with E-state index in [4.69, 9.17) is 9.84 Å². The van der Waals surface area contributed by atoms with Gasteiger partial charge in [0.05, 0.1) is 6.61 Å². The molecular weight excluding hydrogens is 202 g/mol. The van der Waals surface area contributed by atoms with Crippen LogP contribution in [0.1, 0.15) is 16.5 Å². The van der Waals surface area contributed by atoms with Gasteiger partial charge < -0.3 is 15.2 Å². The molecule has 4 nitrogen and oxygen atoms in total. The van der Waals surface area contributed by atoms with E-state index in [0.717, 1.165) is 10.4 Å². The summed E-state index contributed by atoms with van der Waals surface area (Å²) in [7, 11) is 3.03. The van der Waals surface area contributed by atoms with E-state index in [1.165, 1.54) is 18.4 Å². The van der Waals surface area contributed by atoms with Crippen LogP contribution in [0.4, 0.5) is 0 Å². The molecule has 0 spiro atoms. The van der Waals surface area contributed by atoms with Gasteiger partial charge in [0.25, 0.3) is 5.91 Å². The summed E-state index contributed by atoms with van der Waals surface area (Å²) in [6.07, 6.45) is -0.623. The highest BCUT2D eigenvalue weighted by atomic mass is 32.1. The smallest absolute Gasteiger partial charge is 0.254 e. The van der Waals surface area contributed by atoms with Crippen LogP contribution in [0.3, 0.4) is 0 Å². The third-order valence-electron chi connectivity index (χ3n) is 1.91. The second-order valence-corrected chi connectivity index (χ2v) is 3.65. The van der Waals surface area contributed by atoms with Gasteiger partial charge in [-0.05, 0) is 17.0 Å². The molecule has 14 heavy (non-hydrogen) atoms. The first kappa shape index (κ1) is 11.2. The van der Waals surface area contributed by atoms with Gasteiger partial charge in [0.2, 0.25) is 0 Å². The number of rotatable bonds is 4. The molecule has 1 heterocycles. The van der Waals surface area contributed by atoms with E-state index < -0.39 is 6.10 Å². The number of carbonyl (C=O) groups is 1. The Hall–Kier alpha value is -0.910. The Bertz CT molecular complexity index is 311. The lowest BCUT2D eigenvalue weighted by Gasteiger charge is -2.13. The first-order valence-corrected chi connectivity index (χ1v) is 5.04. The Kier molecular flexibility index (Phi) is 4.06. The highest BCUT2D eigenvalue weighted by Gasteiger charge is 2.22. The van der Waals surface area contributed by atoms with Gasteiger partial charge in [0.1, 0.15) is 0 Å². The number of nitrogens with one attached hydrogen (secondary N) is 1. The molecule has 5 heteroatoms. The Morgan fingerprint density at radius 3 is 3.00 bits per heavy atom. The minimum atomic E-state index is -0.623. The summed E-state index contributed by atoms with van der Waals surface area (Å²) in [6, 6.07) is 1.79. The summed E-state index contributed by atoms with van der Waals surface area (Å²) in [4.78, 5) is 12.2. The monoisotopic (exact) mass is 215 g/mol. The van der Waals surface area contributed by atoms with E-state index in [0.29, 0.717) is 0 Å². The van der Waals surface area contributed by atoms with Crippen LogP contribution in [0.15, 0.2) is 11.4 Å². The molecule has 2 N–H and O–H groups in total. The standard InChI is InChI=1S/C9H13NO3S/c1-10-9(12)7(13-2)8-6(5-11)3-4-14-8/h3-4,7,11H,5H2,1-2H3,(H,10,12). The number of methoxy groups -OCH3 is 1. The highest BCUT2D eigenvalue weighted by Crippen LogP contribution is 2.26. The Morgan fingerprint density at radius 1 is 1.79 bits per heavy atom. The maximum Gasteiger partial charge on any atom is 0.254 e. The SMILES string of the molecule is CNC(=O)C(OC)c1sccc1CO. The summed E-state index contributed by atoms with van der Waals surface area (Å²) >= 11 is 1.40. The van der Waals surface area contributed by atoms with Crippen molar-refractivity contribution in [2.75, 3.05) is 14.2 Å². The van der Waals surface area contributed by atoms with Crippen LogP contribution in [0.5, 0.6) is 0 Å². The average Bonchev–Trinajstić information content (AvgIpc) is 2.66. The van der Waals surface area contributed by atoms with Crippen molar-refractivity contribution in [2.24, 2.45) is 0 Å². The fraction of sp³-hybridized carbons (Fsp3) is 0.444. The zero-order valence-corrected chi connectivity index (χ0v) is 8.93. The number of aliphatic hydroxyl groups excluding tert-OH is 1. The molecular formula is C9H13NO3S. The van der Waals surface area contributed by atoms with E-state index in [1.807, 2.05) is 5.38 Å². The summed E-state index contributed by atoms with van der Waals surface area (Å²) in [5.41, 5.74) is 0.741. The van der Waals surface area contributed by atoms with E-state index >= 15 is 0 Å². The third-order valence-corrected chi connectivity index (χ3v) is 2.91. The summed E-state index contributed by atoms with van der Waals surface area (Å²) in [5, 5.41) is 13.4. The molecule has 0 saturated heterocycles. The van der Waals surface area contributed by atoms with Gasteiger partial charge in [-0.2, -0.15) is 0 Å². The van der Waals surface area contributed by atoms with Gasteiger partial charge in [-0.1, -0.05) is 0 Å². The normalized spacial score (nSPS) is 12.5. The summed E-state index contributed by atoms with van der Waals surface area (Å²) in [6.45, 7) is -0.0737. The molecule has 0 aliphatic rings. The van der Waals surface area contributed by atoms with Crippen molar-refractivity contribution in [1.82, 2.24) is 5.32 Å². The van der Waals surface area contributed by atoms with Gasteiger partial charge in [-0.15, -0.1) is 11.3 Å². The molecule has 1 atom stereocenters. The topological polar surface area (TPSA) is 58.6 Å². The van der Waals surface area contributed by atoms with Crippen molar-refractivity contribution >= 4 is 17.2 Å². The van der Waals surface area contributed by atoms with Gasteiger partial charge in [0, 0.05) is 19.0 Å². The number of likely N-dealkylation sites (N-methyl/N-ethyl adjacent to an activating group) is 1. The predicted octanol–water partition coefficient (Wildman–Crippen LogP) is 0.674. The van der Waals surface area contributed by atoms with Gasteiger partial charge in [-0.3, -0.25) is 4.79 Å². The number of hydrogen-bond donors (Lipinski definition) is 2. The third kappa shape index (κ3) is 2.12. The minimum absolute atomic E-state index is 0.0737. The van der Waals surface area contributed by atoms with E-state index in [1.54, 1.807) is 13.1 Å². The molecule has 0 aliphatic heterocycles. The summed E-state index contributed by atoms with van der Waals surface area (Å²) in [5.74, 6) is -0.204. The number of aliphatic hydroxyl groups is 1. The van der Waals surface area contributed by atoms with Crippen LogP contribution in [-0.4, -0.2) is 25.2 Å². The quantitative estimate of drug-likeness (QED) is 0.776. The fourth-order valence-corrected chi connectivity index (χ4v) is 2.16. The predicted molar refractivity (Wildman–Crippen MR) is 54.1 cm³/mol. The number of amides is 1. The molecule has 0 bridgehead atoms. The molecule has 1 unspecified atom stereocenters. The zero-order chi connectivity index (χ0) is 10.6. The first-order valence-electron chi connectivity index (χ1n) is 4.16. The van der Waals surface area contributed by atoms with Crippen molar-refractivity contribution in [3.8, 4) is 0 Å². The van der Waals surface area contributed by atoms with E-state index in [-0.39, 0.29) is 12.5 Å². The number of ether oxygens (including phenoxy) is 1. The Morgan fingerprint density at radius 2 is 2.50 bits per heavy atom. The van der Waals surface area contributed by atoms with Crippen LogP contribution in [0, 0.1) is 0 Å². The molecule has 0 aliphatic carbocycles. The first-order chi connectivity index (χ1) is 6.74. The maximum absolute atomic E-state index is 11.4. The molecule has 1 rings (SSSR count). The lowest BCUT2D eigenvalue weighted by Crippen LogP contribution is -2.26. The van der Waals surface area contributed by atoms with Crippen LogP contribution < -0.4 is 5.32 Å². The Balaban J connectivity index is 2.94. The molecule has 78 valence electrons. The minimum Gasteiger partial charge on any atom is -0.392 e. The molecule has 0 saturated carbocycles. The van der Waals surface area contributed by atoms with Crippen molar-refractivity contribution in [2.45, 2.75) is 12.7 Å². The molecule has 1 amide bonds. The lowest BCUT2D eigenvalue weighted by molar-refractivity contribution is -0.130. The largest absolute Gasteiger partial charge is 0.392 e. The zero-order valence-electron chi connectivity index (χ0n) is 8.11. The fourth-order valence-electron chi connectivity index (χ4n) is 1.17. The van der Waals surface area contributed by atoms with Gasteiger partial charge in [0.15, 0.2) is 6.10 Å². The van der Waals surface area contributed by atoms with Crippen molar-refractivity contribution in [3.05, 3.63) is 21.9 Å². The van der Waals surface area contributed by atoms with Crippen molar-refractivity contribution in [3.63, 3.8) is 0 Å². The van der Waals surface area contributed by atoms with Crippen LogP contribution >= 0.6 is 11.3 Å². The number of hydrogen-bond acceptors (Lipinski definition) is 4. The second kappa shape index (κ2) is 5.09. The highest BCUT2D eigenvalue weighted by molar-refractivity contribution is 7.10. The van der Waals surface area contributed by atoms with Crippen LogP contribution in [0.2, 0.25) is 0 Å². The van der Waals surface area contributed by atoms with Crippen LogP contribution in [-0.2, 0) is 16.1 Å².